The van der Waals surface area contributed by atoms with Crippen molar-refractivity contribution in [2.45, 2.75) is 6.42 Å². The first kappa shape index (κ1) is 13.5. The first-order valence-electron chi connectivity index (χ1n) is 5.72. The summed E-state index contributed by atoms with van der Waals surface area (Å²) in [7, 11) is 0. The molecule has 0 amide bonds. The molecule has 0 atom stereocenters. The van der Waals surface area contributed by atoms with Gasteiger partial charge < -0.3 is 14.6 Å². The topological polar surface area (TPSA) is 101 Å². The molecule has 6 heteroatoms. The van der Waals surface area contributed by atoms with Gasteiger partial charge in [0.1, 0.15) is 5.76 Å². The average Bonchev–Trinajstić information content (AvgIpc) is 2.88. The number of hydrogen-bond donors (Lipinski definition) is 2. The van der Waals surface area contributed by atoms with Crippen molar-refractivity contribution in [1.29, 1.82) is 0 Å². The molecule has 102 valence electrons. The Balaban J connectivity index is 2.11. The van der Waals surface area contributed by atoms with Gasteiger partial charge in [-0.2, -0.15) is 0 Å². The zero-order valence-electron chi connectivity index (χ0n) is 10.3. The van der Waals surface area contributed by atoms with Crippen LogP contribution in [0.25, 0.3) is 0 Å². The SMILES string of the molecule is O=C(O)C(O)=CC(=O)c1ccc(Cc2ccncc2)o1. The zero-order chi connectivity index (χ0) is 14.5. The van der Waals surface area contributed by atoms with E-state index in [9.17, 15) is 9.59 Å². The van der Waals surface area contributed by atoms with Crippen molar-refractivity contribution in [3.8, 4) is 0 Å². The summed E-state index contributed by atoms with van der Waals surface area (Å²) >= 11 is 0. The normalized spacial score (nSPS) is 11.3. The van der Waals surface area contributed by atoms with Crippen LogP contribution in [0.2, 0.25) is 0 Å². The number of carbonyl (C=O) groups excluding carboxylic acids is 1. The van der Waals surface area contributed by atoms with Gasteiger partial charge in [-0.1, -0.05) is 0 Å². The molecule has 2 N–H and O–H groups in total. The predicted octanol–water partition coefficient (Wildman–Crippen LogP) is 1.97. The highest BCUT2D eigenvalue weighted by atomic mass is 16.4. The summed E-state index contributed by atoms with van der Waals surface area (Å²) in [6, 6.07) is 6.70. The Bertz CT molecular complexity index is 657. The average molecular weight is 273 g/mol. The van der Waals surface area contributed by atoms with Gasteiger partial charge in [-0.25, -0.2) is 4.79 Å². The molecule has 2 aromatic rings. The van der Waals surface area contributed by atoms with Crippen molar-refractivity contribution >= 4 is 11.8 Å². The number of pyridine rings is 1. The lowest BCUT2D eigenvalue weighted by Crippen LogP contribution is -2.03. The number of aliphatic carboxylic acids is 1. The monoisotopic (exact) mass is 273 g/mol. The van der Waals surface area contributed by atoms with Gasteiger partial charge in [0.2, 0.25) is 11.5 Å². The molecular weight excluding hydrogens is 262 g/mol. The molecule has 6 nitrogen and oxygen atoms in total. The molecule has 20 heavy (non-hydrogen) atoms. The number of ketones is 1. The predicted molar refractivity (Wildman–Crippen MR) is 68.4 cm³/mol. The smallest absolute Gasteiger partial charge is 0.371 e. The minimum Gasteiger partial charge on any atom is -0.502 e. The molecule has 0 saturated heterocycles. The van der Waals surface area contributed by atoms with E-state index >= 15 is 0 Å². The fourth-order valence-electron chi connectivity index (χ4n) is 1.56. The number of furan rings is 1. The molecule has 0 radical (unpaired) electrons. The highest BCUT2D eigenvalue weighted by Crippen LogP contribution is 2.14. The van der Waals surface area contributed by atoms with Crippen LogP contribution in [0.3, 0.4) is 0 Å². The highest BCUT2D eigenvalue weighted by Gasteiger charge is 2.13. The summed E-state index contributed by atoms with van der Waals surface area (Å²) in [6.45, 7) is 0. The van der Waals surface area contributed by atoms with Gasteiger partial charge in [0, 0.05) is 24.9 Å². The Morgan fingerprint density at radius 2 is 1.85 bits per heavy atom. The molecule has 0 unspecified atom stereocenters. The summed E-state index contributed by atoms with van der Waals surface area (Å²) in [6.07, 6.45) is 4.40. The van der Waals surface area contributed by atoms with E-state index in [0.717, 1.165) is 5.56 Å². The van der Waals surface area contributed by atoms with E-state index in [1.54, 1.807) is 18.5 Å². The number of aliphatic hydroxyl groups excluding tert-OH is 1. The molecule has 0 aliphatic rings. The summed E-state index contributed by atoms with van der Waals surface area (Å²) in [5, 5.41) is 17.5. The molecular formula is C14H11NO5. The van der Waals surface area contributed by atoms with Crippen molar-refractivity contribution < 1.29 is 24.2 Å². The second-order valence-electron chi connectivity index (χ2n) is 4.00. The van der Waals surface area contributed by atoms with Gasteiger partial charge in [0.05, 0.1) is 0 Å². The van der Waals surface area contributed by atoms with Crippen molar-refractivity contribution in [2.24, 2.45) is 0 Å². The van der Waals surface area contributed by atoms with E-state index in [1.807, 2.05) is 12.1 Å². The highest BCUT2D eigenvalue weighted by molar-refractivity contribution is 6.06. The van der Waals surface area contributed by atoms with Crippen LogP contribution in [0.15, 0.2) is 52.9 Å². The van der Waals surface area contributed by atoms with Crippen LogP contribution in [-0.2, 0) is 11.2 Å². The van der Waals surface area contributed by atoms with E-state index in [-0.39, 0.29) is 5.76 Å². The lowest BCUT2D eigenvalue weighted by atomic mass is 10.2. The fraction of sp³-hybridized carbons (Fsp3) is 0.0714. The van der Waals surface area contributed by atoms with E-state index in [4.69, 9.17) is 14.6 Å². The Hall–Kier alpha value is -2.89. The van der Waals surface area contributed by atoms with Gasteiger partial charge in [0.25, 0.3) is 0 Å². The molecule has 2 heterocycles. The third-order valence-corrected chi connectivity index (χ3v) is 2.52. The van der Waals surface area contributed by atoms with Gasteiger partial charge in [-0.3, -0.25) is 9.78 Å². The van der Waals surface area contributed by atoms with Crippen molar-refractivity contribution in [2.75, 3.05) is 0 Å². The second kappa shape index (κ2) is 5.83. The van der Waals surface area contributed by atoms with Gasteiger partial charge >= 0.3 is 5.97 Å². The maximum Gasteiger partial charge on any atom is 0.371 e. The molecule has 0 saturated carbocycles. The van der Waals surface area contributed by atoms with Crippen LogP contribution < -0.4 is 0 Å². The molecule has 0 fully saturated rings. The lowest BCUT2D eigenvalue weighted by molar-refractivity contribution is -0.135. The Morgan fingerprint density at radius 1 is 1.15 bits per heavy atom. The molecule has 2 aromatic heterocycles. The Morgan fingerprint density at radius 3 is 2.50 bits per heavy atom. The Labute approximate surface area is 114 Å². The summed E-state index contributed by atoms with van der Waals surface area (Å²) in [5.41, 5.74) is 0.970. The standard InChI is InChI=1S/C14H11NO5/c16-11(8-12(17)14(18)19)13-2-1-10(20-13)7-9-3-5-15-6-4-9/h1-6,8,17H,7H2,(H,18,19). The van der Waals surface area contributed by atoms with Gasteiger partial charge in [-0.15, -0.1) is 0 Å². The number of hydrogen-bond acceptors (Lipinski definition) is 5. The number of aliphatic hydroxyl groups is 1. The number of carboxylic acid groups (broad SMARTS) is 1. The molecule has 0 spiro atoms. The second-order valence-corrected chi connectivity index (χ2v) is 4.00. The number of carbonyl (C=O) groups is 2. The van der Waals surface area contributed by atoms with E-state index < -0.39 is 17.5 Å². The number of aromatic nitrogens is 1. The first-order chi connectivity index (χ1) is 9.56. The summed E-state index contributed by atoms with van der Waals surface area (Å²) in [5.74, 6) is -2.76. The zero-order valence-corrected chi connectivity index (χ0v) is 10.3. The molecule has 0 aliphatic carbocycles. The lowest BCUT2D eigenvalue weighted by Gasteiger charge is -1.97. The minimum absolute atomic E-state index is 0.0261. The number of carboxylic acids is 1. The fourth-order valence-corrected chi connectivity index (χ4v) is 1.56. The van der Waals surface area contributed by atoms with Crippen LogP contribution in [0.4, 0.5) is 0 Å². The number of allylic oxidation sites excluding steroid dienone is 1. The molecule has 0 aliphatic heterocycles. The molecule has 0 bridgehead atoms. The maximum absolute atomic E-state index is 11.6. The Kier molecular flexibility index (Phi) is 3.95. The number of rotatable bonds is 5. The van der Waals surface area contributed by atoms with E-state index in [1.165, 1.54) is 6.07 Å². The summed E-state index contributed by atoms with van der Waals surface area (Å²) < 4.78 is 5.31. The third-order valence-electron chi connectivity index (χ3n) is 2.52. The quantitative estimate of drug-likeness (QED) is 0.490. The van der Waals surface area contributed by atoms with E-state index in [0.29, 0.717) is 18.3 Å². The van der Waals surface area contributed by atoms with Crippen molar-refractivity contribution in [1.82, 2.24) is 4.98 Å². The van der Waals surface area contributed by atoms with E-state index in [2.05, 4.69) is 4.98 Å². The van der Waals surface area contributed by atoms with Crippen LogP contribution in [0, 0.1) is 0 Å². The number of nitrogens with zero attached hydrogens (tertiary/aromatic N) is 1. The largest absolute Gasteiger partial charge is 0.502 e. The van der Waals surface area contributed by atoms with Gasteiger partial charge in [0.15, 0.2) is 5.76 Å². The summed E-state index contributed by atoms with van der Waals surface area (Å²) in [4.78, 5) is 25.9. The maximum atomic E-state index is 11.6. The third kappa shape index (κ3) is 3.32. The van der Waals surface area contributed by atoms with Crippen LogP contribution in [0.1, 0.15) is 21.9 Å². The molecule has 0 aromatic carbocycles. The van der Waals surface area contributed by atoms with Gasteiger partial charge in [-0.05, 0) is 29.8 Å². The van der Waals surface area contributed by atoms with Crippen molar-refractivity contribution in [3.63, 3.8) is 0 Å². The van der Waals surface area contributed by atoms with Crippen molar-refractivity contribution in [3.05, 3.63) is 65.6 Å². The molecule has 2 rings (SSSR count). The van der Waals surface area contributed by atoms with Crippen LogP contribution in [0.5, 0.6) is 0 Å². The van der Waals surface area contributed by atoms with Crippen LogP contribution in [-0.4, -0.2) is 26.9 Å². The minimum atomic E-state index is -1.57. The first-order valence-corrected chi connectivity index (χ1v) is 5.72. The van der Waals surface area contributed by atoms with Crippen LogP contribution >= 0.6 is 0 Å².